The van der Waals surface area contributed by atoms with Gasteiger partial charge in [0.25, 0.3) is 0 Å². The van der Waals surface area contributed by atoms with Crippen molar-refractivity contribution in [3.8, 4) is 0 Å². The molecule has 1 amide bonds. The third kappa shape index (κ3) is 4.18. The molecule has 0 radical (unpaired) electrons. The highest BCUT2D eigenvalue weighted by Crippen LogP contribution is 2.20. The van der Waals surface area contributed by atoms with E-state index in [1.165, 1.54) is 6.42 Å². The Kier molecular flexibility index (Phi) is 5.64. The van der Waals surface area contributed by atoms with Crippen molar-refractivity contribution in [3.05, 3.63) is 0 Å². The van der Waals surface area contributed by atoms with E-state index in [4.69, 9.17) is 4.74 Å². The van der Waals surface area contributed by atoms with Gasteiger partial charge < -0.3 is 15.0 Å². The quantitative estimate of drug-likeness (QED) is 0.845. The molecule has 0 saturated carbocycles. The van der Waals surface area contributed by atoms with Crippen LogP contribution in [0.1, 0.15) is 46.0 Å². The number of carbonyl (C=O) groups excluding carboxylic acids is 1. The number of nitrogens with one attached hydrogen (secondary N) is 1. The second-order valence-electron chi connectivity index (χ2n) is 6.06. The molecule has 2 heterocycles. The van der Waals surface area contributed by atoms with Crippen LogP contribution in [0.5, 0.6) is 0 Å². The van der Waals surface area contributed by atoms with Crippen molar-refractivity contribution in [3.63, 3.8) is 0 Å². The van der Waals surface area contributed by atoms with Crippen LogP contribution in [-0.4, -0.2) is 49.2 Å². The zero-order valence-electron chi connectivity index (χ0n) is 12.4. The Labute approximate surface area is 116 Å². The molecule has 0 aromatic rings. The summed E-state index contributed by atoms with van der Waals surface area (Å²) in [6.07, 6.45) is 5.63. The number of likely N-dealkylation sites (tertiary alicyclic amines) is 1. The van der Waals surface area contributed by atoms with E-state index < -0.39 is 0 Å². The highest BCUT2D eigenvalue weighted by Gasteiger charge is 2.31. The average molecular weight is 268 g/mol. The van der Waals surface area contributed by atoms with Gasteiger partial charge in [0.1, 0.15) is 0 Å². The number of amides is 1. The first-order chi connectivity index (χ1) is 9.20. The van der Waals surface area contributed by atoms with Gasteiger partial charge in [0.15, 0.2) is 0 Å². The van der Waals surface area contributed by atoms with Gasteiger partial charge in [0, 0.05) is 19.7 Å². The molecule has 2 saturated heterocycles. The molecular formula is C15H28N2O2. The zero-order chi connectivity index (χ0) is 13.7. The highest BCUT2D eigenvalue weighted by atomic mass is 16.5. The van der Waals surface area contributed by atoms with Gasteiger partial charge in [-0.25, -0.2) is 0 Å². The van der Waals surface area contributed by atoms with Gasteiger partial charge in [0.2, 0.25) is 5.91 Å². The van der Waals surface area contributed by atoms with Crippen LogP contribution in [-0.2, 0) is 9.53 Å². The van der Waals surface area contributed by atoms with E-state index in [0.717, 1.165) is 51.9 Å². The van der Waals surface area contributed by atoms with E-state index in [1.54, 1.807) is 0 Å². The average Bonchev–Trinajstić information content (AvgIpc) is 2.44. The Morgan fingerprint density at radius 3 is 3.00 bits per heavy atom. The lowest BCUT2D eigenvalue weighted by Crippen LogP contribution is -2.53. The number of carbonyl (C=O) groups is 1. The SMILES string of the molecule is CCCOC1CCCN(C(=O)C2CC(C)CCN2)C1. The lowest BCUT2D eigenvalue weighted by molar-refractivity contribution is -0.138. The van der Waals surface area contributed by atoms with Crippen LogP contribution < -0.4 is 5.32 Å². The number of hydrogen-bond acceptors (Lipinski definition) is 3. The maximum absolute atomic E-state index is 12.5. The molecule has 2 aliphatic rings. The Balaban J connectivity index is 1.84. The van der Waals surface area contributed by atoms with E-state index in [0.29, 0.717) is 5.92 Å². The largest absolute Gasteiger partial charge is 0.376 e. The second-order valence-corrected chi connectivity index (χ2v) is 6.06. The summed E-state index contributed by atoms with van der Waals surface area (Å²) in [6.45, 7) is 7.83. The second kappa shape index (κ2) is 7.25. The smallest absolute Gasteiger partial charge is 0.239 e. The molecule has 3 unspecified atom stereocenters. The van der Waals surface area contributed by atoms with Gasteiger partial charge in [0.05, 0.1) is 12.1 Å². The van der Waals surface area contributed by atoms with Crippen LogP contribution in [0.2, 0.25) is 0 Å². The molecule has 3 atom stereocenters. The summed E-state index contributed by atoms with van der Waals surface area (Å²) in [7, 11) is 0. The molecule has 2 aliphatic heterocycles. The standard InChI is InChI=1S/C15H28N2O2/c1-3-9-19-13-5-4-8-17(11-13)15(18)14-10-12(2)6-7-16-14/h12-14,16H,3-11H2,1-2H3. The third-order valence-electron chi connectivity index (χ3n) is 4.21. The number of piperidine rings is 2. The number of rotatable bonds is 4. The van der Waals surface area contributed by atoms with E-state index >= 15 is 0 Å². The van der Waals surface area contributed by atoms with Crippen LogP contribution in [0.3, 0.4) is 0 Å². The Bertz CT molecular complexity index is 296. The minimum atomic E-state index is 0.0358. The van der Waals surface area contributed by atoms with Crippen LogP contribution in [0.25, 0.3) is 0 Å². The van der Waals surface area contributed by atoms with Crippen molar-refractivity contribution in [1.82, 2.24) is 10.2 Å². The summed E-state index contributed by atoms with van der Waals surface area (Å²) in [5.41, 5.74) is 0. The van der Waals surface area contributed by atoms with Gasteiger partial charge in [-0.15, -0.1) is 0 Å². The summed E-state index contributed by atoms with van der Waals surface area (Å²) in [5, 5.41) is 3.37. The summed E-state index contributed by atoms with van der Waals surface area (Å²) in [6, 6.07) is 0.0358. The van der Waals surface area contributed by atoms with Crippen LogP contribution in [0.15, 0.2) is 0 Å². The Morgan fingerprint density at radius 2 is 2.26 bits per heavy atom. The van der Waals surface area contributed by atoms with Gasteiger partial charge in [-0.2, -0.15) is 0 Å². The summed E-state index contributed by atoms with van der Waals surface area (Å²) < 4.78 is 5.81. The predicted octanol–water partition coefficient (Wildman–Crippen LogP) is 1.79. The number of ether oxygens (including phenoxy) is 1. The molecule has 0 aromatic carbocycles. The topological polar surface area (TPSA) is 41.6 Å². The lowest BCUT2D eigenvalue weighted by atomic mass is 9.93. The molecule has 2 rings (SSSR count). The van der Waals surface area contributed by atoms with Crippen molar-refractivity contribution in [2.75, 3.05) is 26.2 Å². The Morgan fingerprint density at radius 1 is 1.42 bits per heavy atom. The molecule has 19 heavy (non-hydrogen) atoms. The van der Waals surface area contributed by atoms with E-state index in [1.807, 2.05) is 4.90 Å². The maximum Gasteiger partial charge on any atom is 0.239 e. The van der Waals surface area contributed by atoms with Gasteiger partial charge >= 0.3 is 0 Å². The van der Waals surface area contributed by atoms with Crippen LogP contribution in [0.4, 0.5) is 0 Å². The first kappa shape index (κ1) is 14.8. The molecule has 110 valence electrons. The first-order valence-corrected chi connectivity index (χ1v) is 7.84. The minimum Gasteiger partial charge on any atom is -0.376 e. The molecular weight excluding hydrogens is 240 g/mol. The van der Waals surface area contributed by atoms with Crippen molar-refractivity contribution in [1.29, 1.82) is 0 Å². The minimum absolute atomic E-state index is 0.0358. The van der Waals surface area contributed by atoms with E-state index in [2.05, 4.69) is 19.2 Å². The fraction of sp³-hybridized carbons (Fsp3) is 0.933. The van der Waals surface area contributed by atoms with Gasteiger partial charge in [-0.1, -0.05) is 13.8 Å². The monoisotopic (exact) mass is 268 g/mol. The molecule has 1 N–H and O–H groups in total. The Hall–Kier alpha value is -0.610. The van der Waals surface area contributed by atoms with Crippen molar-refractivity contribution in [2.24, 2.45) is 5.92 Å². The van der Waals surface area contributed by atoms with Crippen molar-refractivity contribution >= 4 is 5.91 Å². The number of hydrogen-bond donors (Lipinski definition) is 1. The van der Waals surface area contributed by atoms with Crippen LogP contribution in [0, 0.1) is 5.92 Å². The van der Waals surface area contributed by atoms with Gasteiger partial charge in [-0.3, -0.25) is 4.79 Å². The molecule has 4 nitrogen and oxygen atoms in total. The zero-order valence-corrected chi connectivity index (χ0v) is 12.4. The summed E-state index contributed by atoms with van der Waals surface area (Å²) in [5.74, 6) is 0.948. The van der Waals surface area contributed by atoms with Crippen molar-refractivity contribution in [2.45, 2.75) is 58.1 Å². The molecule has 2 fully saturated rings. The predicted molar refractivity (Wildman–Crippen MR) is 76.0 cm³/mol. The highest BCUT2D eigenvalue weighted by molar-refractivity contribution is 5.82. The summed E-state index contributed by atoms with van der Waals surface area (Å²) >= 11 is 0. The third-order valence-corrected chi connectivity index (χ3v) is 4.21. The first-order valence-electron chi connectivity index (χ1n) is 7.84. The van der Waals surface area contributed by atoms with E-state index in [-0.39, 0.29) is 18.1 Å². The molecule has 4 heteroatoms. The molecule has 0 spiro atoms. The molecule has 0 aromatic heterocycles. The number of nitrogens with zero attached hydrogens (tertiary/aromatic N) is 1. The molecule has 0 bridgehead atoms. The molecule has 0 aliphatic carbocycles. The van der Waals surface area contributed by atoms with Gasteiger partial charge in [-0.05, 0) is 44.6 Å². The fourth-order valence-corrected chi connectivity index (χ4v) is 3.07. The van der Waals surface area contributed by atoms with Crippen LogP contribution >= 0.6 is 0 Å². The lowest BCUT2D eigenvalue weighted by Gasteiger charge is -2.37. The van der Waals surface area contributed by atoms with E-state index in [9.17, 15) is 4.79 Å². The fourth-order valence-electron chi connectivity index (χ4n) is 3.07. The van der Waals surface area contributed by atoms with Crippen molar-refractivity contribution < 1.29 is 9.53 Å². The normalized spacial score (nSPS) is 32.3. The maximum atomic E-state index is 12.5. The summed E-state index contributed by atoms with van der Waals surface area (Å²) in [4.78, 5) is 14.5.